The second kappa shape index (κ2) is 7.41. The van der Waals surface area contributed by atoms with Crippen LogP contribution < -0.4 is 10.2 Å². The summed E-state index contributed by atoms with van der Waals surface area (Å²) in [6.07, 6.45) is 1.69. The Labute approximate surface area is 190 Å². The van der Waals surface area contributed by atoms with E-state index >= 15 is 0 Å². The SMILES string of the molecule is O=C(Nc1ccccc1)[C@H]1[C@H]2C(=O)N(c3ccccc3)C(=O)[C@H]2[C@@H]2c3ccccc3C=NN12. The minimum atomic E-state index is -0.907. The highest BCUT2D eigenvalue weighted by Gasteiger charge is 2.65. The van der Waals surface area contributed by atoms with E-state index in [1.54, 1.807) is 47.6 Å². The topological polar surface area (TPSA) is 82.1 Å². The fraction of sp³-hybridized carbons (Fsp3) is 0.154. The van der Waals surface area contributed by atoms with Crippen LogP contribution in [0.4, 0.5) is 11.4 Å². The van der Waals surface area contributed by atoms with Gasteiger partial charge in [0.2, 0.25) is 17.7 Å². The third-order valence-corrected chi connectivity index (χ3v) is 6.62. The Morgan fingerprint density at radius 1 is 0.788 bits per heavy atom. The molecule has 0 aliphatic carbocycles. The van der Waals surface area contributed by atoms with Crippen LogP contribution in [0.5, 0.6) is 0 Å². The number of hydrazone groups is 1. The van der Waals surface area contributed by atoms with Gasteiger partial charge in [-0.2, -0.15) is 5.10 Å². The number of fused-ring (bicyclic) bond motifs is 5. The molecule has 3 aromatic rings. The van der Waals surface area contributed by atoms with Gasteiger partial charge in [0.1, 0.15) is 6.04 Å². The summed E-state index contributed by atoms with van der Waals surface area (Å²) < 4.78 is 0. The van der Waals surface area contributed by atoms with Gasteiger partial charge in [0.05, 0.1) is 29.8 Å². The van der Waals surface area contributed by atoms with Crippen LogP contribution in [-0.2, 0) is 14.4 Å². The van der Waals surface area contributed by atoms with E-state index in [2.05, 4.69) is 10.4 Å². The molecule has 162 valence electrons. The molecule has 3 amide bonds. The van der Waals surface area contributed by atoms with E-state index in [9.17, 15) is 14.4 Å². The number of anilines is 2. The van der Waals surface area contributed by atoms with E-state index in [1.165, 1.54) is 4.90 Å². The maximum atomic E-state index is 13.7. The van der Waals surface area contributed by atoms with Crippen molar-refractivity contribution in [1.29, 1.82) is 0 Å². The van der Waals surface area contributed by atoms with E-state index in [0.29, 0.717) is 11.4 Å². The molecule has 7 heteroatoms. The first-order chi connectivity index (χ1) is 16.1. The van der Waals surface area contributed by atoms with E-state index in [-0.39, 0.29) is 17.7 Å². The number of carbonyl (C=O) groups excluding carboxylic acids is 3. The van der Waals surface area contributed by atoms with Crippen molar-refractivity contribution < 1.29 is 14.4 Å². The molecule has 0 saturated carbocycles. The zero-order valence-electron chi connectivity index (χ0n) is 17.5. The number of amides is 3. The summed E-state index contributed by atoms with van der Waals surface area (Å²) >= 11 is 0. The van der Waals surface area contributed by atoms with Crippen molar-refractivity contribution in [3.05, 3.63) is 96.1 Å². The van der Waals surface area contributed by atoms with Gasteiger partial charge in [-0.25, -0.2) is 4.90 Å². The van der Waals surface area contributed by atoms with Crippen LogP contribution in [0.3, 0.4) is 0 Å². The van der Waals surface area contributed by atoms with E-state index in [1.807, 2.05) is 48.5 Å². The monoisotopic (exact) mass is 436 g/mol. The molecule has 3 heterocycles. The molecule has 1 N–H and O–H groups in total. The van der Waals surface area contributed by atoms with Crippen LogP contribution in [-0.4, -0.2) is 35.0 Å². The quantitative estimate of drug-likeness (QED) is 0.640. The first-order valence-corrected chi connectivity index (χ1v) is 10.8. The molecule has 0 spiro atoms. The Bertz CT molecular complexity index is 1290. The number of rotatable bonds is 3. The molecule has 3 aliphatic rings. The number of nitrogens with one attached hydrogen (secondary N) is 1. The molecular weight excluding hydrogens is 416 g/mol. The zero-order chi connectivity index (χ0) is 22.5. The van der Waals surface area contributed by atoms with Crippen molar-refractivity contribution >= 4 is 35.3 Å². The third-order valence-electron chi connectivity index (χ3n) is 6.62. The average Bonchev–Trinajstić information content (AvgIpc) is 3.33. The summed E-state index contributed by atoms with van der Waals surface area (Å²) in [4.78, 5) is 42.1. The Morgan fingerprint density at radius 3 is 2.18 bits per heavy atom. The fourth-order valence-electron chi connectivity index (χ4n) is 5.24. The molecule has 0 unspecified atom stereocenters. The lowest BCUT2D eigenvalue weighted by molar-refractivity contribution is -0.129. The number of imide groups is 1. The van der Waals surface area contributed by atoms with E-state index in [0.717, 1.165) is 11.1 Å². The van der Waals surface area contributed by atoms with Gasteiger partial charge < -0.3 is 5.32 Å². The summed E-state index contributed by atoms with van der Waals surface area (Å²) in [5.41, 5.74) is 2.93. The maximum Gasteiger partial charge on any atom is 0.249 e. The van der Waals surface area contributed by atoms with Crippen LogP contribution in [0.15, 0.2) is 90.0 Å². The molecule has 7 nitrogen and oxygen atoms in total. The highest BCUT2D eigenvalue weighted by molar-refractivity contribution is 6.24. The van der Waals surface area contributed by atoms with Crippen LogP contribution >= 0.6 is 0 Å². The van der Waals surface area contributed by atoms with Gasteiger partial charge in [0.15, 0.2) is 0 Å². The molecular formula is C26H20N4O3. The summed E-state index contributed by atoms with van der Waals surface area (Å²) in [5, 5.41) is 9.10. The Hall–Kier alpha value is -4.26. The maximum absolute atomic E-state index is 13.7. The summed E-state index contributed by atoms with van der Waals surface area (Å²) in [5.74, 6) is -2.57. The Morgan fingerprint density at radius 2 is 1.42 bits per heavy atom. The van der Waals surface area contributed by atoms with Gasteiger partial charge in [-0.1, -0.05) is 60.7 Å². The Balaban J connectivity index is 1.45. The van der Waals surface area contributed by atoms with Crippen LogP contribution in [0.25, 0.3) is 0 Å². The molecule has 6 rings (SSSR count). The predicted octanol–water partition coefficient (Wildman–Crippen LogP) is 3.20. The molecule has 2 fully saturated rings. The number of carbonyl (C=O) groups is 3. The van der Waals surface area contributed by atoms with E-state index < -0.39 is 23.9 Å². The van der Waals surface area contributed by atoms with Gasteiger partial charge in [-0.3, -0.25) is 19.4 Å². The predicted molar refractivity (Wildman–Crippen MR) is 123 cm³/mol. The minimum Gasteiger partial charge on any atom is -0.324 e. The first-order valence-electron chi connectivity index (χ1n) is 10.8. The van der Waals surface area contributed by atoms with Gasteiger partial charge in [-0.15, -0.1) is 0 Å². The second-order valence-corrected chi connectivity index (χ2v) is 8.40. The smallest absolute Gasteiger partial charge is 0.249 e. The number of benzene rings is 3. The number of hydrogen-bond acceptors (Lipinski definition) is 5. The lowest BCUT2D eigenvalue weighted by Crippen LogP contribution is -2.46. The normalized spacial score (nSPS) is 25.0. The molecule has 0 bridgehead atoms. The van der Waals surface area contributed by atoms with Crippen molar-refractivity contribution in [2.45, 2.75) is 12.1 Å². The molecule has 3 aliphatic heterocycles. The molecule has 0 aromatic heterocycles. The fourth-order valence-corrected chi connectivity index (χ4v) is 5.24. The van der Waals surface area contributed by atoms with Crippen LogP contribution in [0, 0.1) is 11.8 Å². The minimum absolute atomic E-state index is 0.298. The Kier molecular flexibility index (Phi) is 4.36. The number of para-hydroxylation sites is 2. The molecule has 33 heavy (non-hydrogen) atoms. The van der Waals surface area contributed by atoms with Crippen molar-refractivity contribution in [2.75, 3.05) is 10.2 Å². The van der Waals surface area contributed by atoms with Gasteiger partial charge >= 0.3 is 0 Å². The standard InChI is InChI=1S/C26H20N4O3/c31-24(28-17-10-3-1-4-11-17)23-21-20(22-19-14-8-7-9-16(19)15-27-30(22)23)25(32)29(26(21)33)18-12-5-2-6-13-18/h1-15,20-23H,(H,28,31)/t20-,21+,22+,23-/m1/s1. The molecule has 2 saturated heterocycles. The van der Waals surface area contributed by atoms with Crippen molar-refractivity contribution in [1.82, 2.24) is 5.01 Å². The van der Waals surface area contributed by atoms with Crippen LogP contribution in [0.1, 0.15) is 17.2 Å². The van der Waals surface area contributed by atoms with Gasteiger partial charge in [0, 0.05) is 5.69 Å². The average molecular weight is 436 g/mol. The third kappa shape index (κ3) is 2.89. The van der Waals surface area contributed by atoms with Crippen molar-refractivity contribution in [3.8, 4) is 0 Å². The first kappa shape index (κ1) is 19.4. The lowest BCUT2D eigenvalue weighted by Gasteiger charge is -2.33. The van der Waals surface area contributed by atoms with Crippen molar-refractivity contribution in [2.24, 2.45) is 16.9 Å². The zero-order valence-corrected chi connectivity index (χ0v) is 17.5. The number of nitrogens with zero attached hydrogens (tertiary/aromatic N) is 3. The largest absolute Gasteiger partial charge is 0.324 e. The number of hydrogen-bond donors (Lipinski definition) is 1. The summed E-state index contributed by atoms with van der Waals surface area (Å²) in [6, 6.07) is 24.2. The highest BCUT2D eigenvalue weighted by atomic mass is 16.2. The lowest BCUT2D eigenvalue weighted by atomic mass is 9.85. The van der Waals surface area contributed by atoms with E-state index in [4.69, 9.17) is 0 Å². The summed E-state index contributed by atoms with van der Waals surface area (Å²) in [7, 11) is 0. The molecule has 4 atom stereocenters. The van der Waals surface area contributed by atoms with Gasteiger partial charge in [0.25, 0.3) is 0 Å². The second-order valence-electron chi connectivity index (χ2n) is 8.40. The summed E-state index contributed by atoms with van der Waals surface area (Å²) in [6.45, 7) is 0. The molecule has 3 aromatic carbocycles. The molecule has 0 radical (unpaired) electrons. The van der Waals surface area contributed by atoms with Gasteiger partial charge in [-0.05, 0) is 35.4 Å². The highest BCUT2D eigenvalue weighted by Crippen LogP contribution is 2.52. The van der Waals surface area contributed by atoms with Crippen molar-refractivity contribution in [3.63, 3.8) is 0 Å². The van der Waals surface area contributed by atoms with Crippen LogP contribution in [0.2, 0.25) is 0 Å².